The molecule has 5 heteroatoms. The molecule has 0 spiro atoms. The molecular weight excluding hydrogens is 246 g/mol. The van der Waals surface area contributed by atoms with Crippen molar-refractivity contribution in [2.45, 2.75) is 39.7 Å². The summed E-state index contributed by atoms with van der Waals surface area (Å²) in [6, 6.07) is 0.683. The molecule has 1 aromatic heterocycles. The van der Waals surface area contributed by atoms with Gasteiger partial charge in [-0.25, -0.2) is 4.79 Å². The summed E-state index contributed by atoms with van der Waals surface area (Å²) in [5.74, 6) is -0.670. The van der Waals surface area contributed by atoms with E-state index in [1.165, 1.54) is 0 Å². The fraction of sp³-hybridized carbons (Fsp3) is 0.429. The summed E-state index contributed by atoms with van der Waals surface area (Å²) >= 11 is 0. The Hall–Kier alpha value is -2.04. The third kappa shape index (κ3) is 3.98. The van der Waals surface area contributed by atoms with Gasteiger partial charge in [-0.05, 0) is 31.9 Å². The van der Waals surface area contributed by atoms with Crippen LogP contribution in [0.3, 0.4) is 0 Å². The number of nitrogens with one attached hydrogen (secondary N) is 1. The summed E-state index contributed by atoms with van der Waals surface area (Å²) in [7, 11) is 0. The summed E-state index contributed by atoms with van der Waals surface area (Å²) in [4.78, 5) is 22.9. The normalized spacial score (nSPS) is 12.6. The van der Waals surface area contributed by atoms with Crippen molar-refractivity contribution >= 4 is 11.9 Å². The summed E-state index contributed by atoms with van der Waals surface area (Å²) in [6.45, 7) is 5.58. The van der Waals surface area contributed by atoms with Crippen molar-refractivity contribution in [1.29, 1.82) is 0 Å². The van der Waals surface area contributed by atoms with E-state index in [0.717, 1.165) is 11.3 Å². The van der Waals surface area contributed by atoms with Crippen LogP contribution >= 0.6 is 0 Å². The molecule has 0 aliphatic carbocycles. The van der Waals surface area contributed by atoms with Gasteiger partial charge in [-0.1, -0.05) is 19.1 Å². The number of rotatable bonds is 6. The molecule has 0 bridgehead atoms. The first-order valence-electron chi connectivity index (χ1n) is 6.23. The van der Waals surface area contributed by atoms with Crippen LogP contribution in [-0.4, -0.2) is 23.0 Å². The molecule has 1 atom stereocenters. The lowest BCUT2D eigenvalue weighted by Gasteiger charge is -2.11. The quantitative estimate of drug-likeness (QED) is 0.773. The maximum Gasteiger partial charge on any atom is 0.326 e. The smallest absolute Gasteiger partial charge is 0.326 e. The van der Waals surface area contributed by atoms with E-state index in [9.17, 15) is 9.59 Å². The van der Waals surface area contributed by atoms with Gasteiger partial charge in [0.15, 0.2) is 5.76 Å². The van der Waals surface area contributed by atoms with E-state index in [-0.39, 0.29) is 12.2 Å². The number of carbonyl (C=O) groups is 2. The highest BCUT2D eigenvalue weighted by Gasteiger charge is 2.21. The van der Waals surface area contributed by atoms with Crippen LogP contribution in [0.1, 0.15) is 42.1 Å². The fourth-order valence-corrected chi connectivity index (χ4v) is 1.71. The number of carboxylic acid groups (broad SMARTS) is 1. The molecule has 1 rings (SSSR count). The van der Waals surface area contributed by atoms with E-state index in [2.05, 4.69) is 5.32 Å². The average molecular weight is 265 g/mol. The van der Waals surface area contributed by atoms with Crippen molar-refractivity contribution in [2.75, 3.05) is 0 Å². The van der Waals surface area contributed by atoms with Crippen LogP contribution in [0, 0.1) is 6.92 Å². The highest BCUT2D eigenvalue weighted by atomic mass is 16.4. The maximum absolute atomic E-state index is 11.9. The number of hydrogen-bond donors (Lipinski definition) is 2. The Balaban J connectivity index is 2.78. The summed E-state index contributed by atoms with van der Waals surface area (Å²) in [6.07, 6.45) is 4.39. The Bertz CT molecular complexity index is 488. The minimum Gasteiger partial charge on any atom is -0.480 e. The van der Waals surface area contributed by atoms with Gasteiger partial charge in [0.05, 0.1) is 0 Å². The number of amides is 1. The number of carboxylic acids is 1. The minimum absolute atomic E-state index is 0.154. The number of carbonyl (C=O) groups excluding carboxylic acids is 1. The highest BCUT2D eigenvalue weighted by molar-refractivity contribution is 5.94. The van der Waals surface area contributed by atoms with Crippen molar-refractivity contribution in [2.24, 2.45) is 0 Å². The summed E-state index contributed by atoms with van der Waals surface area (Å²) in [5.41, 5.74) is 0.896. The predicted octanol–water partition coefficient (Wildman–Crippen LogP) is 2.30. The van der Waals surface area contributed by atoms with Gasteiger partial charge in [-0.2, -0.15) is 0 Å². The molecule has 0 saturated carbocycles. The van der Waals surface area contributed by atoms with Gasteiger partial charge in [-0.15, -0.1) is 0 Å². The second-order valence-electron chi connectivity index (χ2n) is 4.24. The Labute approximate surface area is 112 Å². The zero-order valence-electron chi connectivity index (χ0n) is 11.4. The third-order valence-corrected chi connectivity index (χ3v) is 2.78. The molecular formula is C14H19NO4. The van der Waals surface area contributed by atoms with Crippen LogP contribution in [0.25, 0.3) is 0 Å². The Morgan fingerprint density at radius 1 is 1.53 bits per heavy atom. The Kier molecular flexibility index (Phi) is 5.36. The molecule has 0 radical (unpaired) electrons. The van der Waals surface area contributed by atoms with Crippen LogP contribution < -0.4 is 5.32 Å². The molecule has 0 saturated heterocycles. The lowest BCUT2D eigenvalue weighted by Crippen LogP contribution is -2.40. The zero-order chi connectivity index (χ0) is 14.4. The van der Waals surface area contributed by atoms with Crippen molar-refractivity contribution in [3.8, 4) is 0 Å². The molecule has 1 amide bonds. The van der Waals surface area contributed by atoms with E-state index in [1.807, 2.05) is 13.8 Å². The van der Waals surface area contributed by atoms with Crippen LogP contribution in [-0.2, 0) is 11.2 Å². The van der Waals surface area contributed by atoms with Gasteiger partial charge in [0.1, 0.15) is 11.8 Å². The van der Waals surface area contributed by atoms with Crippen LogP contribution in [0.4, 0.5) is 0 Å². The molecule has 0 aliphatic rings. The first-order valence-corrected chi connectivity index (χ1v) is 6.23. The highest BCUT2D eigenvalue weighted by Crippen LogP contribution is 2.15. The van der Waals surface area contributed by atoms with Gasteiger partial charge >= 0.3 is 5.97 Å². The van der Waals surface area contributed by atoms with Gasteiger partial charge in [0.2, 0.25) is 0 Å². The predicted molar refractivity (Wildman–Crippen MR) is 71.1 cm³/mol. The number of allylic oxidation sites excluding steroid dienone is 1. The van der Waals surface area contributed by atoms with E-state index >= 15 is 0 Å². The Morgan fingerprint density at radius 2 is 2.21 bits per heavy atom. The standard InChI is InChI=1S/C14H19NO4/c1-4-6-7-10(14(17)18)15-13(16)12-8-9(3)11(5-2)19-12/h4,6,8,10H,5,7H2,1-3H3,(H,15,16)(H,17,18)/b6-4+. The van der Waals surface area contributed by atoms with Crippen LogP contribution in [0.15, 0.2) is 22.6 Å². The third-order valence-electron chi connectivity index (χ3n) is 2.78. The van der Waals surface area contributed by atoms with Crippen molar-refractivity contribution in [3.05, 3.63) is 35.3 Å². The van der Waals surface area contributed by atoms with E-state index in [1.54, 1.807) is 25.1 Å². The second-order valence-corrected chi connectivity index (χ2v) is 4.24. The molecule has 19 heavy (non-hydrogen) atoms. The fourth-order valence-electron chi connectivity index (χ4n) is 1.71. The number of aryl methyl sites for hydroxylation is 2. The largest absolute Gasteiger partial charge is 0.480 e. The number of hydrogen-bond acceptors (Lipinski definition) is 3. The second kappa shape index (κ2) is 6.78. The SMILES string of the molecule is C/C=C/CC(NC(=O)c1cc(C)c(CC)o1)C(=O)O. The van der Waals surface area contributed by atoms with Gasteiger partial charge in [0.25, 0.3) is 5.91 Å². The first-order chi connectivity index (χ1) is 8.99. The topological polar surface area (TPSA) is 79.5 Å². The lowest BCUT2D eigenvalue weighted by molar-refractivity contribution is -0.139. The number of aliphatic carboxylic acids is 1. The van der Waals surface area contributed by atoms with Gasteiger partial charge in [0, 0.05) is 6.42 Å². The first kappa shape index (κ1) is 15.0. The lowest BCUT2D eigenvalue weighted by atomic mass is 10.2. The molecule has 0 fully saturated rings. The van der Waals surface area contributed by atoms with Crippen molar-refractivity contribution in [3.63, 3.8) is 0 Å². The molecule has 104 valence electrons. The zero-order valence-corrected chi connectivity index (χ0v) is 11.4. The van der Waals surface area contributed by atoms with Crippen LogP contribution in [0.5, 0.6) is 0 Å². The van der Waals surface area contributed by atoms with Crippen molar-refractivity contribution in [1.82, 2.24) is 5.32 Å². The average Bonchev–Trinajstić information content (AvgIpc) is 2.75. The molecule has 5 nitrogen and oxygen atoms in total. The number of furan rings is 1. The Morgan fingerprint density at radius 3 is 2.68 bits per heavy atom. The van der Waals surface area contributed by atoms with E-state index < -0.39 is 17.9 Å². The van der Waals surface area contributed by atoms with Crippen LogP contribution in [0.2, 0.25) is 0 Å². The minimum atomic E-state index is -1.06. The monoisotopic (exact) mass is 265 g/mol. The summed E-state index contributed by atoms with van der Waals surface area (Å²) in [5, 5.41) is 11.5. The van der Waals surface area contributed by atoms with Crippen molar-refractivity contribution < 1.29 is 19.1 Å². The van der Waals surface area contributed by atoms with Gasteiger partial charge < -0.3 is 14.8 Å². The van der Waals surface area contributed by atoms with Gasteiger partial charge in [-0.3, -0.25) is 4.79 Å². The molecule has 0 aromatic carbocycles. The molecule has 2 N–H and O–H groups in total. The van der Waals surface area contributed by atoms with E-state index in [0.29, 0.717) is 6.42 Å². The molecule has 1 unspecified atom stereocenters. The molecule has 0 aliphatic heterocycles. The van der Waals surface area contributed by atoms with E-state index in [4.69, 9.17) is 9.52 Å². The molecule has 1 heterocycles. The summed E-state index contributed by atoms with van der Waals surface area (Å²) < 4.78 is 5.39. The molecule has 1 aromatic rings. The maximum atomic E-state index is 11.9.